The highest BCUT2D eigenvalue weighted by atomic mass is 16.5. The summed E-state index contributed by atoms with van der Waals surface area (Å²) in [6, 6.07) is 5.74. The lowest BCUT2D eigenvalue weighted by atomic mass is 10.2. The second kappa shape index (κ2) is 7.38. The molecule has 104 valence electrons. The van der Waals surface area contributed by atoms with E-state index in [2.05, 4.69) is 10.6 Å². The smallest absolute Gasteiger partial charge is 0.326 e. The van der Waals surface area contributed by atoms with Crippen LogP contribution >= 0.6 is 0 Å². The lowest BCUT2D eigenvalue weighted by Crippen LogP contribution is -2.42. The van der Waals surface area contributed by atoms with Crippen molar-refractivity contribution < 1.29 is 19.4 Å². The number of hydrogen-bond acceptors (Lipinski definition) is 3. The molecule has 1 aromatic carbocycles. The van der Waals surface area contributed by atoms with E-state index in [1.54, 1.807) is 26.2 Å². The molecule has 6 heteroatoms. The fraction of sp³-hybridized carbons (Fsp3) is 0.385. The predicted octanol–water partition coefficient (Wildman–Crippen LogP) is 1.82. The molecule has 0 aromatic heterocycles. The quantitative estimate of drug-likeness (QED) is 0.732. The minimum absolute atomic E-state index is 0.322. The molecule has 1 atom stereocenters. The lowest BCUT2D eigenvalue weighted by molar-refractivity contribution is -0.139. The number of hydrogen-bond donors (Lipinski definition) is 3. The summed E-state index contributed by atoms with van der Waals surface area (Å²) in [6.45, 7) is 2.06. The molecule has 0 saturated carbocycles. The predicted molar refractivity (Wildman–Crippen MR) is 71.0 cm³/mol. The van der Waals surface area contributed by atoms with Crippen LogP contribution in [-0.4, -0.2) is 30.3 Å². The second-order valence-electron chi connectivity index (χ2n) is 3.99. The summed E-state index contributed by atoms with van der Waals surface area (Å²) in [5.74, 6) is -1.05. The Morgan fingerprint density at radius 3 is 2.63 bits per heavy atom. The first-order valence-electron chi connectivity index (χ1n) is 5.95. The monoisotopic (exact) mass is 266 g/mol. The Hall–Kier alpha value is -2.08. The highest BCUT2D eigenvalue weighted by Gasteiger charge is 2.17. The van der Waals surface area contributed by atoms with Gasteiger partial charge in [-0.3, -0.25) is 0 Å². The molecular formula is C13H18N2O4. The molecular weight excluding hydrogens is 248 g/mol. The zero-order chi connectivity index (χ0) is 14.3. The first-order valence-corrected chi connectivity index (χ1v) is 5.95. The summed E-state index contributed by atoms with van der Waals surface area (Å²) < 4.78 is 5.02. The number of para-hydroxylation sites is 1. The number of aliphatic carboxylic acids is 1. The molecule has 0 radical (unpaired) electrons. The Morgan fingerprint density at radius 1 is 1.37 bits per heavy atom. The fourth-order valence-electron chi connectivity index (χ4n) is 1.58. The molecule has 0 aliphatic heterocycles. The van der Waals surface area contributed by atoms with Crippen molar-refractivity contribution >= 4 is 17.7 Å². The number of carbonyl (C=O) groups excluding carboxylic acids is 1. The van der Waals surface area contributed by atoms with E-state index in [4.69, 9.17) is 9.84 Å². The Labute approximate surface area is 111 Å². The van der Waals surface area contributed by atoms with E-state index in [-0.39, 0.29) is 0 Å². The van der Waals surface area contributed by atoms with Gasteiger partial charge in [0.1, 0.15) is 6.04 Å². The van der Waals surface area contributed by atoms with Crippen LogP contribution < -0.4 is 10.6 Å². The standard InChI is InChI=1S/C13H18N2O4/c1-3-10(12(16)17)14-13(18)15-11-7-5-4-6-9(11)8-19-2/h4-7,10H,3,8H2,1-2H3,(H,16,17)(H2,14,15,18). The van der Waals surface area contributed by atoms with E-state index in [1.807, 2.05) is 12.1 Å². The molecule has 0 heterocycles. The van der Waals surface area contributed by atoms with Crippen LogP contribution in [0.15, 0.2) is 24.3 Å². The number of benzene rings is 1. The number of anilines is 1. The van der Waals surface area contributed by atoms with Gasteiger partial charge >= 0.3 is 12.0 Å². The number of amides is 2. The van der Waals surface area contributed by atoms with Crippen molar-refractivity contribution in [2.24, 2.45) is 0 Å². The summed E-state index contributed by atoms with van der Waals surface area (Å²) in [5, 5.41) is 13.9. The maximum Gasteiger partial charge on any atom is 0.326 e. The molecule has 2 amide bonds. The molecule has 1 rings (SSSR count). The van der Waals surface area contributed by atoms with Gasteiger partial charge in [-0.15, -0.1) is 0 Å². The molecule has 19 heavy (non-hydrogen) atoms. The Morgan fingerprint density at radius 2 is 2.05 bits per heavy atom. The Bertz CT molecular complexity index is 448. The molecule has 6 nitrogen and oxygen atoms in total. The van der Waals surface area contributed by atoms with Gasteiger partial charge in [0.2, 0.25) is 0 Å². The number of methoxy groups -OCH3 is 1. The average Bonchev–Trinajstić information content (AvgIpc) is 2.38. The first-order chi connectivity index (χ1) is 9.08. The van der Waals surface area contributed by atoms with Gasteiger partial charge in [-0.1, -0.05) is 25.1 Å². The third-order valence-electron chi connectivity index (χ3n) is 2.58. The van der Waals surface area contributed by atoms with Crippen molar-refractivity contribution in [1.82, 2.24) is 5.32 Å². The van der Waals surface area contributed by atoms with Crippen LogP contribution in [0.5, 0.6) is 0 Å². The minimum atomic E-state index is -1.05. The van der Waals surface area contributed by atoms with Crippen molar-refractivity contribution in [3.8, 4) is 0 Å². The summed E-state index contributed by atoms with van der Waals surface area (Å²) in [6.07, 6.45) is 0.322. The van der Waals surface area contributed by atoms with Gasteiger partial charge in [-0.2, -0.15) is 0 Å². The maximum atomic E-state index is 11.7. The maximum absolute atomic E-state index is 11.7. The van der Waals surface area contributed by atoms with Crippen molar-refractivity contribution in [1.29, 1.82) is 0 Å². The second-order valence-corrected chi connectivity index (χ2v) is 3.99. The summed E-state index contributed by atoms with van der Waals surface area (Å²) >= 11 is 0. The van der Waals surface area contributed by atoms with Crippen LogP contribution in [-0.2, 0) is 16.1 Å². The fourth-order valence-corrected chi connectivity index (χ4v) is 1.58. The number of rotatable bonds is 6. The zero-order valence-corrected chi connectivity index (χ0v) is 11.0. The van der Waals surface area contributed by atoms with Crippen LogP contribution in [0.2, 0.25) is 0 Å². The minimum Gasteiger partial charge on any atom is -0.480 e. The van der Waals surface area contributed by atoms with Crippen LogP contribution in [0.3, 0.4) is 0 Å². The van der Waals surface area contributed by atoms with E-state index in [0.717, 1.165) is 5.56 Å². The SMILES string of the molecule is CCC(NC(=O)Nc1ccccc1COC)C(=O)O. The van der Waals surface area contributed by atoms with Crippen LogP contribution in [0, 0.1) is 0 Å². The van der Waals surface area contributed by atoms with Crippen LogP contribution in [0.1, 0.15) is 18.9 Å². The highest BCUT2D eigenvalue weighted by Crippen LogP contribution is 2.15. The summed E-state index contributed by atoms with van der Waals surface area (Å²) in [4.78, 5) is 22.5. The number of carbonyl (C=O) groups is 2. The van der Waals surface area contributed by atoms with Gasteiger partial charge in [0, 0.05) is 18.4 Å². The van der Waals surface area contributed by atoms with Gasteiger partial charge in [-0.25, -0.2) is 9.59 Å². The summed E-state index contributed by atoms with van der Waals surface area (Å²) in [7, 11) is 1.56. The van der Waals surface area contributed by atoms with Crippen molar-refractivity contribution in [3.05, 3.63) is 29.8 Å². The number of nitrogens with one attached hydrogen (secondary N) is 2. The topological polar surface area (TPSA) is 87.7 Å². The van der Waals surface area contributed by atoms with Crippen LogP contribution in [0.4, 0.5) is 10.5 Å². The zero-order valence-electron chi connectivity index (χ0n) is 11.0. The molecule has 0 bridgehead atoms. The molecule has 1 aromatic rings. The number of ether oxygens (including phenoxy) is 1. The number of urea groups is 1. The van der Waals surface area contributed by atoms with Gasteiger partial charge in [-0.05, 0) is 12.5 Å². The van der Waals surface area contributed by atoms with Gasteiger partial charge in [0.05, 0.1) is 6.61 Å². The molecule has 0 fully saturated rings. The number of carboxylic acid groups (broad SMARTS) is 1. The van der Waals surface area contributed by atoms with Crippen molar-refractivity contribution in [2.45, 2.75) is 26.0 Å². The largest absolute Gasteiger partial charge is 0.480 e. The first kappa shape index (κ1) is 15.0. The van der Waals surface area contributed by atoms with Gasteiger partial charge < -0.3 is 20.5 Å². The molecule has 0 saturated heterocycles. The Kier molecular flexibility index (Phi) is 5.81. The molecule has 3 N–H and O–H groups in total. The van der Waals surface area contributed by atoms with E-state index >= 15 is 0 Å². The summed E-state index contributed by atoms with van der Waals surface area (Å²) in [5.41, 5.74) is 1.42. The number of carboxylic acids is 1. The highest BCUT2D eigenvalue weighted by molar-refractivity contribution is 5.92. The van der Waals surface area contributed by atoms with Crippen LogP contribution in [0.25, 0.3) is 0 Å². The van der Waals surface area contributed by atoms with Crippen molar-refractivity contribution in [2.75, 3.05) is 12.4 Å². The molecule has 0 aliphatic rings. The molecule has 1 unspecified atom stereocenters. The third-order valence-corrected chi connectivity index (χ3v) is 2.58. The lowest BCUT2D eigenvalue weighted by Gasteiger charge is -2.15. The average molecular weight is 266 g/mol. The molecule has 0 aliphatic carbocycles. The van der Waals surface area contributed by atoms with Gasteiger partial charge in [0.25, 0.3) is 0 Å². The van der Waals surface area contributed by atoms with E-state index in [0.29, 0.717) is 18.7 Å². The van der Waals surface area contributed by atoms with E-state index < -0.39 is 18.0 Å². The van der Waals surface area contributed by atoms with Gasteiger partial charge in [0.15, 0.2) is 0 Å². The van der Waals surface area contributed by atoms with E-state index in [9.17, 15) is 9.59 Å². The normalized spacial score (nSPS) is 11.7. The molecule has 0 spiro atoms. The van der Waals surface area contributed by atoms with Crippen molar-refractivity contribution in [3.63, 3.8) is 0 Å². The third kappa shape index (κ3) is 4.59. The Balaban J connectivity index is 2.69. The van der Waals surface area contributed by atoms with E-state index in [1.165, 1.54) is 0 Å².